The Morgan fingerprint density at radius 1 is 1.14 bits per heavy atom. The molecule has 1 amide bonds. The van der Waals surface area contributed by atoms with Crippen molar-refractivity contribution in [2.24, 2.45) is 0 Å². The molecule has 0 saturated carbocycles. The van der Waals surface area contributed by atoms with Gasteiger partial charge in [0.1, 0.15) is 0 Å². The highest BCUT2D eigenvalue weighted by Crippen LogP contribution is 2.21. The van der Waals surface area contributed by atoms with Crippen molar-refractivity contribution in [1.29, 1.82) is 0 Å². The summed E-state index contributed by atoms with van der Waals surface area (Å²) in [6.45, 7) is 4.42. The van der Waals surface area contributed by atoms with E-state index >= 15 is 0 Å². The third kappa shape index (κ3) is 6.26. The number of rotatable bonds is 8. The number of amides is 1. The van der Waals surface area contributed by atoms with E-state index in [2.05, 4.69) is 24.1 Å². The summed E-state index contributed by atoms with van der Waals surface area (Å²) < 4.78 is 6.12. The van der Waals surface area contributed by atoms with Gasteiger partial charge in [0.05, 0.1) is 15.2 Å². The van der Waals surface area contributed by atoms with E-state index in [1.165, 1.54) is 11.6 Å². The first-order valence-corrected chi connectivity index (χ1v) is 10.4. The number of esters is 1. The van der Waals surface area contributed by atoms with E-state index in [1.54, 1.807) is 17.4 Å². The number of nitrogens with zero attached hydrogens (tertiary/aromatic N) is 1. The molecule has 1 N–H and O–H groups in total. The van der Waals surface area contributed by atoms with Crippen LogP contribution in [-0.2, 0) is 20.7 Å². The molecule has 1 aromatic heterocycles. The smallest absolute Gasteiger partial charge is 0.331 e. The molecule has 0 fully saturated rings. The van der Waals surface area contributed by atoms with Gasteiger partial charge in [-0.3, -0.25) is 4.79 Å². The Morgan fingerprint density at radius 2 is 1.90 bits per heavy atom. The van der Waals surface area contributed by atoms with Crippen LogP contribution in [-0.4, -0.2) is 30.0 Å². The molecular weight excluding hydrogens is 384 g/mol. The van der Waals surface area contributed by atoms with Crippen molar-refractivity contribution in [3.8, 4) is 0 Å². The van der Waals surface area contributed by atoms with E-state index < -0.39 is 5.97 Å². The van der Waals surface area contributed by atoms with Crippen LogP contribution in [0.2, 0.25) is 0 Å². The van der Waals surface area contributed by atoms with Gasteiger partial charge in [0.15, 0.2) is 6.61 Å². The molecule has 1 heterocycles. The highest BCUT2D eigenvalue weighted by Gasteiger charge is 2.07. The fourth-order valence-electron chi connectivity index (χ4n) is 2.73. The number of aromatic nitrogens is 1. The molecule has 29 heavy (non-hydrogen) atoms. The molecule has 0 radical (unpaired) electrons. The zero-order valence-corrected chi connectivity index (χ0v) is 17.4. The van der Waals surface area contributed by atoms with Crippen LogP contribution in [0.3, 0.4) is 0 Å². The number of ether oxygens (including phenoxy) is 1. The fraction of sp³-hybridized carbons (Fsp3) is 0.261. The van der Waals surface area contributed by atoms with E-state index in [9.17, 15) is 9.59 Å². The summed E-state index contributed by atoms with van der Waals surface area (Å²) in [6, 6.07) is 15.9. The number of carbonyl (C=O) groups excluding carboxylic acids is 2. The van der Waals surface area contributed by atoms with Gasteiger partial charge in [-0.25, -0.2) is 9.78 Å². The molecular formula is C23H24N2O3S. The van der Waals surface area contributed by atoms with E-state index in [0.717, 1.165) is 20.8 Å². The maximum absolute atomic E-state index is 11.9. The first-order chi connectivity index (χ1) is 14.0. The zero-order valence-electron chi connectivity index (χ0n) is 16.6. The van der Waals surface area contributed by atoms with Gasteiger partial charge in [0, 0.05) is 19.0 Å². The number of nitrogens with one attached hydrogen (secondary N) is 1. The molecule has 3 aromatic rings. The lowest BCUT2D eigenvalue weighted by Crippen LogP contribution is -2.30. The topological polar surface area (TPSA) is 68.3 Å². The van der Waals surface area contributed by atoms with Crippen LogP contribution in [0.4, 0.5) is 0 Å². The summed E-state index contributed by atoms with van der Waals surface area (Å²) in [5.74, 6) is -0.403. The highest BCUT2D eigenvalue weighted by atomic mass is 32.1. The van der Waals surface area contributed by atoms with Crippen molar-refractivity contribution in [3.05, 3.63) is 70.7 Å². The van der Waals surface area contributed by atoms with Crippen LogP contribution in [0, 0.1) is 0 Å². The molecule has 5 nitrogen and oxygen atoms in total. The standard InChI is InChI=1S/C23H24N2O3S/c1-16(2)18-10-7-17(8-11-18)9-12-23(27)28-15-21(26)24-14-13-22-25-19-5-3-4-6-20(19)29-22/h3-12,16H,13-15H2,1-2H3,(H,24,26)/b12-9+. The third-order valence-corrected chi connectivity index (χ3v) is 5.46. The maximum atomic E-state index is 11.9. The van der Waals surface area contributed by atoms with Crippen molar-refractivity contribution in [1.82, 2.24) is 10.3 Å². The SMILES string of the molecule is CC(C)c1ccc(/C=C/C(=O)OCC(=O)NCCc2nc3ccccc3s2)cc1. The highest BCUT2D eigenvalue weighted by molar-refractivity contribution is 7.18. The van der Waals surface area contributed by atoms with Crippen LogP contribution in [0.5, 0.6) is 0 Å². The quantitative estimate of drug-likeness (QED) is 0.445. The number of hydrogen-bond donors (Lipinski definition) is 1. The summed E-state index contributed by atoms with van der Waals surface area (Å²) in [6.07, 6.45) is 3.65. The number of hydrogen-bond acceptors (Lipinski definition) is 5. The molecule has 0 spiro atoms. The molecule has 0 saturated heterocycles. The number of thiazole rings is 1. The summed E-state index contributed by atoms with van der Waals surface area (Å²) in [5, 5.41) is 3.72. The molecule has 6 heteroatoms. The fourth-order valence-corrected chi connectivity index (χ4v) is 3.69. The first kappa shape index (κ1) is 20.7. The van der Waals surface area contributed by atoms with Crippen LogP contribution < -0.4 is 5.32 Å². The Morgan fingerprint density at radius 3 is 2.62 bits per heavy atom. The zero-order chi connectivity index (χ0) is 20.6. The van der Waals surface area contributed by atoms with E-state index in [4.69, 9.17) is 4.74 Å². The molecule has 2 aromatic carbocycles. The minimum atomic E-state index is -0.542. The average molecular weight is 409 g/mol. The summed E-state index contributed by atoms with van der Waals surface area (Å²) >= 11 is 1.62. The van der Waals surface area contributed by atoms with Gasteiger partial charge in [-0.15, -0.1) is 11.3 Å². The Labute approximate surface area is 174 Å². The molecule has 3 rings (SSSR count). The molecule has 0 aliphatic heterocycles. The van der Waals surface area contributed by atoms with Crippen LogP contribution in [0.1, 0.15) is 35.9 Å². The second-order valence-corrected chi connectivity index (χ2v) is 8.05. The number of benzene rings is 2. The van der Waals surface area contributed by atoms with Gasteiger partial charge in [-0.05, 0) is 35.3 Å². The van der Waals surface area contributed by atoms with E-state index in [1.807, 2.05) is 48.5 Å². The number of para-hydroxylation sites is 1. The molecule has 0 bridgehead atoms. The van der Waals surface area contributed by atoms with Crippen molar-refractivity contribution in [2.45, 2.75) is 26.2 Å². The van der Waals surface area contributed by atoms with Crippen LogP contribution >= 0.6 is 11.3 Å². The Balaban J connectivity index is 1.37. The Hall–Kier alpha value is -2.99. The lowest BCUT2D eigenvalue weighted by molar-refractivity contribution is -0.143. The van der Waals surface area contributed by atoms with Crippen LogP contribution in [0.15, 0.2) is 54.6 Å². The average Bonchev–Trinajstić information content (AvgIpc) is 3.13. The maximum Gasteiger partial charge on any atom is 0.331 e. The minimum absolute atomic E-state index is 0.296. The van der Waals surface area contributed by atoms with Crippen molar-refractivity contribution in [2.75, 3.05) is 13.2 Å². The van der Waals surface area contributed by atoms with Gasteiger partial charge < -0.3 is 10.1 Å². The normalized spacial score (nSPS) is 11.3. The lowest BCUT2D eigenvalue weighted by atomic mass is 10.0. The Bertz CT molecular complexity index is 973. The monoisotopic (exact) mass is 408 g/mol. The summed E-state index contributed by atoms with van der Waals surface area (Å²) in [4.78, 5) is 28.2. The van der Waals surface area contributed by atoms with Gasteiger partial charge >= 0.3 is 5.97 Å². The molecule has 0 unspecified atom stereocenters. The molecule has 150 valence electrons. The second kappa shape index (κ2) is 9.98. The first-order valence-electron chi connectivity index (χ1n) is 9.57. The number of fused-ring (bicyclic) bond motifs is 1. The minimum Gasteiger partial charge on any atom is -0.452 e. The molecule has 0 atom stereocenters. The van der Waals surface area contributed by atoms with Gasteiger partial charge in [0.25, 0.3) is 5.91 Å². The van der Waals surface area contributed by atoms with Gasteiger partial charge in [0.2, 0.25) is 0 Å². The summed E-state index contributed by atoms with van der Waals surface area (Å²) in [5.41, 5.74) is 3.12. The van der Waals surface area contributed by atoms with Crippen molar-refractivity contribution < 1.29 is 14.3 Å². The predicted octanol–water partition coefficient (Wildman–Crippen LogP) is 4.34. The summed E-state index contributed by atoms with van der Waals surface area (Å²) in [7, 11) is 0. The van der Waals surface area contributed by atoms with Crippen molar-refractivity contribution >= 4 is 39.5 Å². The van der Waals surface area contributed by atoms with Crippen molar-refractivity contribution in [3.63, 3.8) is 0 Å². The van der Waals surface area contributed by atoms with E-state index in [0.29, 0.717) is 18.9 Å². The van der Waals surface area contributed by atoms with Crippen LogP contribution in [0.25, 0.3) is 16.3 Å². The predicted molar refractivity (Wildman–Crippen MR) is 117 cm³/mol. The Kier molecular flexibility index (Phi) is 7.14. The third-order valence-electron chi connectivity index (χ3n) is 4.36. The lowest BCUT2D eigenvalue weighted by Gasteiger charge is -2.05. The second-order valence-electron chi connectivity index (χ2n) is 6.94. The molecule has 0 aliphatic carbocycles. The van der Waals surface area contributed by atoms with Gasteiger partial charge in [-0.2, -0.15) is 0 Å². The molecule has 0 aliphatic rings. The number of carbonyl (C=O) groups is 2. The largest absolute Gasteiger partial charge is 0.452 e. The van der Waals surface area contributed by atoms with Gasteiger partial charge in [-0.1, -0.05) is 50.2 Å². The van der Waals surface area contributed by atoms with E-state index in [-0.39, 0.29) is 12.5 Å².